The van der Waals surface area contributed by atoms with Crippen LogP contribution in [-0.2, 0) is 6.42 Å². The monoisotopic (exact) mass is 267 g/mol. The first-order valence-electron chi connectivity index (χ1n) is 6.49. The van der Waals surface area contributed by atoms with Gasteiger partial charge in [-0.25, -0.2) is 4.39 Å². The van der Waals surface area contributed by atoms with Gasteiger partial charge in [-0.15, -0.1) is 0 Å². The first-order chi connectivity index (χ1) is 9.74. The highest BCUT2D eigenvalue weighted by atomic mass is 19.1. The van der Waals surface area contributed by atoms with E-state index >= 15 is 0 Å². The van der Waals surface area contributed by atoms with Crippen molar-refractivity contribution in [3.05, 3.63) is 77.9 Å². The second kappa shape index (κ2) is 5.39. The molecule has 2 aromatic carbocycles. The molecule has 1 N–H and O–H groups in total. The van der Waals surface area contributed by atoms with Gasteiger partial charge in [-0.05, 0) is 23.1 Å². The van der Waals surface area contributed by atoms with E-state index in [1.807, 2.05) is 30.3 Å². The molecule has 2 nitrogen and oxygen atoms in total. The summed E-state index contributed by atoms with van der Waals surface area (Å²) in [6.45, 7) is 0. The van der Waals surface area contributed by atoms with E-state index in [4.69, 9.17) is 0 Å². The van der Waals surface area contributed by atoms with Crippen LogP contribution in [0.3, 0.4) is 0 Å². The van der Waals surface area contributed by atoms with Gasteiger partial charge in [0.1, 0.15) is 5.82 Å². The van der Waals surface area contributed by atoms with E-state index in [1.54, 1.807) is 18.5 Å². The average molecular weight is 267 g/mol. The van der Waals surface area contributed by atoms with E-state index in [2.05, 4.69) is 4.98 Å². The third-order valence-electron chi connectivity index (χ3n) is 3.38. The molecule has 1 heterocycles. The van der Waals surface area contributed by atoms with Crippen LogP contribution in [-0.4, -0.2) is 10.1 Å². The van der Waals surface area contributed by atoms with E-state index < -0.39 is 6.10 Å². The van der Waals surface area contributed by atoms with Gasteiger partial charge in [0.2, 0.25) is 0 Å². The van der Waals surface area contributed by atoms with Crippen molar-refractivity contribution in [1.82, 2.24) is 4.98 Å². The summed E-state index contributed by atoms with van der Waals surface area (Å²) in [7, 11) is 0. The summed E-state index contributed by atoms with van der Waals surface area (Å²) >= 11 is 0. The van der Waals surface area contributed by atoms with E-state index in [9.17, 15) is 9.50 Å². The number of aliphatic hydroxyl groups excluding tert-OH is 1. The third-order valence-corrected chi connectivity index (χ3v) is 3.38. The number of fused-ring (bicyclic) bond motifs is 1. The summed E-state index contributed by atoms with van der Waals surface area (Å²) in [4.78, 5) is 4.16. The highest BCUT2D eigenvalue weighted by Crippen LogP contribution is 2.25. The lowest BCUT2D eigenvalue weighted by molar-refractivity contribution is 0.179. The third kappa shape index (κ3) is 2.53. The van der Waals surface area contributed by atoms with Gasteiger partial charge in [-0.2, -0.15) is 0 Å². The largest absolute Gasteiger partial charge is 0.388 e. The van der Waals surface area contributed by atoms with Crippen LogP contribution in [0.1, 0.15) is 17.2 Å². The van der Waals surface area contributed by atoms with Crippen LogP contribution in [0, 0.1) is 5.82 Å². The fourth-order valence-corrected chi connectivity index (χ4v) is 2.40. The Balaban J connectivity index is 1.94. The summed E-state index contributed by atoms with van der Waals surface area (Å²) in [5.41, 5.74) is 1.54. The molecule has 0 spiro atoms. The van der Waals surface area contributed by atoms with E-state index in [1.165, 1.54) is 12.1 Å². The standard InChI is InChI=1S/C17H14FNO/c18-14-6-3-4-12(8-14)9-17(20)16-11-19-10-13-5-1-2-7-15(13)16/h1-8,10-11,17,20H,9H2. The van der Waals surface area contributed by atoms with Gasteiger partial charge in [0, 0.05) is 29.8 Å². The van der Waals surface area contributed by atoms with Crippen LogP contribution in [0.5, 0.6) is 0 Å². The Hall–Kier alpha value is -2.26. The number of benzene rings is 2. The summed E-state index contributed by atoms with van der Waals surface area (Å²) in [6.07, 6.45) is 3.11. The van der Waals surface area contributed by atoms with Crippen LogP contribution < -0.4 is 0 Å². The van der Waals surface area contributed by atoms with Crippen molar-refractivity contribution in [3.8, 4) is 0 Å². The van der Waals surface area contributed by atoms with Crippen molar-refractivity contribution in [2.75, 3.05) is 0 Å². The first kappa shape index (κ1) is 12.8. The Morgan fingerprint density at radius 2 is 1.90 bits per heavy atom. The van der Waals surface area contributed by atoms with Crippen molar-refractivity contribution >= 4 is 10.8 Å². The van der Waals surface area contributed by atoms with E-state index in [0.717, 1.165) is 21.9 Å². The SMILES string of the molecule is OC(Cc1cccc(F)c1)c1cncc2ccccc12. The Kier molecular flexibility index (Phi) is 3.44. The molecule has 3 heteroatoms. The molecule has 0 fully saturated rings. The fraction of sp³-hybridized carbons (Fsp3) is 0.118. The summed E-state index contributed by atoms with van der Waals surface area (Å²) in [5.74, 6) is -0.286. The molecule has 100 valence electrons. The lowest BCUT2D eigenvalue weighted by Gasteiger charge is -2.13. The highest BCUT2D eigenvalue weighted by molar-refractivity contribution is 5.84. The second-order valence-corrected chi connectivity index (χ2v) is 4.80. The average Bonchev–Trinajstić information content (AvgIpc) is 2.46. The van der Waals surface area contributed by atoms with Gasteiger partial charge in [0.15, 0.2) is 0 Å². The van der Waals surface area contributed by atoms with Gasteiger partial charge in [0.05, 0.1) is 6.10 Å². The fourth-order valence-electron chi connectivity index (χ4n) is 2.40. The quantitative estimate of drug-likeness (QED) is 0.785. The minimum absolute atomic E-state index is 0.286. The summed E-state index contributed by atoms with van der Waals surface area (Å²) < 4.78 is 13.2. The molecule has 20 heavy (non-hydrogen) atoms. The number of aliphatic hydroxyl groups is 1. The van der Waals surface area contributed by atoms with Crippen LogP contribution in [0.25, 0.3) is 10.8 Å². The van der Waals surface area contributed by atoms with Crippen LogP contribution >= 0.6 is 0 Å². The molecule has 0 aliphatic heterocycles. The number of rotatable bonds is 3. The van der Waals surface area contributed by atoms with E-state index in [0.29, 0.717) is 6.42 Å². The van der Waals surface area contributed by atoms with Gasteiger partial charge < -0.3 is 5.11 Å². The number of hydrogen-bond donors (Lipinski definition) is 1. The molecular formula is C17H14FNO. The molecule has 1 atom stereocenters. The zero-order valence-electron chi connectivity index (χ0n) is 10.8. The first-order valence-corrected chi connectivity index (χ1v) is 6.49. The van der Waals surface area contributed by atoms with Crippen LogP contribution in [0.4, 0.5) is 4.39 Å². The minimum atomic E-state index is -0.699. The van der Waals surface area contributed by atoms with Crippen molar-refractivity contribution in [2.45, 2.75) is 12.5 Å². The zero-order valence-corrected chi connectivity index (χ0v) is 10.8. The number of aromatic nitrogens is 1. The minimum Gasteiger partial charge on any atom is -0.388 e. The predicted octanol–water partition coefficient (Wildman–Crippen LogP) is 3.65. The molecule has 0 saturated carbocycles. The van der Waals surface area contributed by atoms with Crippen molar-refractivity contribution < 1.29 is 9.50 Å². The molecule has 0 amide bonds. The maximum absolute atomic E-state index is 13.2. The molecule has 3 rings (SSSR count). The highest BCUT2D eigenvalue weighted by Gasteiger charge is 2.12. The Morgan fingerprint density at radius 1 is 1.05 bits per heavy atom. The number of hydrogen-bond acceptors (Lipinski definition) is 2. The molecule has 0 radical (unpaired) electrons. The molecule has 0 saturated heterocycles. The topological polar surface area (TPSA) is 33.1 Å². The van der Waals surface area contributed by atoms with Crippen molar-refractivity contribution in [2.24, 2.45) is 0 Å². The molecular weight excluding hydrogens is 253 g/mol. The second-order valence-electron chi connectivity index (χ2n) is 4.80. The smallest absolute Gasteiger partial charge is 0.123 e. The zero-order chi connectivity index (χ0) is 13.9. The Bertz CT molecular complexity index is 736. The van der Waals surface area contributed by atoms with E-state index in [-0.39, 0.29) is 5.82 Å². The van der Waals surface area contributed by atoms with Gasteiger partial charge in [-0.3, -0.25) is 4.98 Å². The van der Waals surface area contributed by atoms with Gasteiger partial charge in [0.25, 0.3) is 0 Å². The predicted molar refractivity (Wildman–Crippen MR) is 76.8 cm³/mol. The Morgan fingerprint density at radius 3 is 2.75 bits per heavy atom. The Labute approximate surface area is 116 Å². The molecule has 0 aliphatic rings. The number of nitrogens with zero attached hydrogens (tertiary/aromatic N) is 1. The molecule has 0 aliphatic carbocycles. The van der Waals surface area contributed by atoms with Crippen molar-refractivity contribution in [1.29, 1.82) is 0 Å². The van der Waals surface area contributed by atoms with Crippen LogP contribution in [0.15, 0.2) is 60.9 Å². The number of halogens is 1. The summed E-state index contributed by atoms with van der Waals surface area (Å²) in [5, 5.41) is 12.4. The maximum Gasteiger partial charge on any atom is 0.123 e. The van der Waals surface area contributed by atoms with Gasteiger partial charge in [-0.1, -0.05) is 36.4 Å². The normalized spacial score (nSPS) is 12.5. The maximum atomic E-state index is 13.2. The lowest BCUT2D eigenvalue weighted by atomic mass is 9.98. The lowest BCUT2D eigenvalue weighted by Crippen LogP contribution is -2.03. The molecule has 1 unspecified atom stereocenters. The van der Waals surface area contributed by atoms with Crippen LogP contribution in [0.2, 0.25) is 0 Å². The molecule has 3 aromatic rings. The number of pyridine rings is 1. The van der Waals surface area contributed by atoms with Crippen molar-refractivity contribution in [3.63, 3.8) is 0 Å². The van der Waals surface area contributed by atoms with Gasteiger partial charge >= 0.3 is 0 Å². The molecule has 0 bridgehead atoms. The summed E-state index contributed by atoms with van der Waals surface area (Å²) in [6, 6.07) is 14.1. The molecule has 1 aromatic heterocycles.